The number of aliphatic hydroxyl groups excluding tert-OH is 1. The predicted molar refractivity (Wildman–Crippen MR) is 149 cm³/mol. The first-order valence-electron chi connectivity index (χ1n) is 10.9. The van der Waals surface area contributed by atoms with Crippen LogP contribution in [0.3, 0.4) is 0 Å². The number of halogens is 3. The van der Waals surface area contributed by atoms with E-state index >= 15 is 0 Å². The van der Waals surface area contributed by atoms with Crippen molar-refractivity contribution >= 4 is 71.5 Å². The van der Waals surface area contributed by atoms with Gasteiger partial charge < -0.3 is 5.11 Å². The van der Waals surface area contributed by atoms with Gasteiger partial charge in [0.05, 0.1) is 4.90 Å². The molecule has 3 aromatic carbocycles. The molecule has 13 heteroatoms. The van der Waals surface area contributed by atoms with Gasteiger partial charge in [0.15, 0.2) is 10.1 Å². The Labute approximate surface area is 239 Å². The van der Waals surface area contributed by atoms with Crippen molar-refractivity contribution in [3.63, 3.8) is 0 Å². The normalized spacial score (nSPS) is 15.9. The van der Waals surface area contributed by atoms with Crippen LogP contribution in [0.5, 0.6) is 0 Å². The van der Waals surface area contributed by atoms with Crippen molar-refractivity contribution < 1.29 is 22.7 Å². The van der Waals surface area contributed by atoms with E-state index in [9.17, 15) is 22.7 Å². The molecular formula is C25H16BrClFN3O4S3. The molecule has 194 valence electrons. The van der Waals surface area contributed by atoms with Crippen molar-refractivity contribution in [2.45, 2.75) is 21.0 Å². The van der Waals surface area contributed by atoms with Gasteiger partial charge >= 0.3 is 0 Å². The maximum absolute atomic E-state index is 14.0. The molecule has 0 spiro atoms. The minimum Gasteiger partial charge on any atom is -0.502 e. The predicted octanol–water partition coefficient (Wildman–Crippen LogP) is 6.72. The van der Waals surface area contributed by atoms with Crippen LogP contribution in [-0.2, 0) is 20.4 Å². The van der Waals surface area contributed by atoms with Gasteiger partial charge in [-0.1, -0.05) is 81.0 Å². The van der Waals surface area contributed by atoms with Gasteiger partial charge in [-0.05, 0) is 53.6 Å². The summed E-state index contributed by atoms with van der Waals surface area (Å²) in [5, 5.41) is 19.5. The molecule has 0 saturated carbocycles. The Morgan fingerprint density at radius 2 is 1.74 bits per heavy atom. The molecule has 0 unspecified atom stereocenters. The molecule has 1 aromatic heterocycles. The van der Waals surface area contributed by atoms with Crippen LogP contribution in [0.2, 0.25) is 5.02 Å². The average Bonchev–Trinajstić information content (AvgIpc) is 3.46. The molecule has 1 N–H and O–H groups in total. The lowest BCUT2D eigenvalue weighted by molar-refractivity contribution is -0.117. The SMILES string of the molecule is O=C1C(O)=C(S(=O)(=O)c2ccc(Cl)cc2)[C@@H](c2ccc(Br)cc2)N1c1nnc(SCc2ccccc2F)s1. The van der Waals surface area contributed by atoms with Crippen molar-refractivity contribution in [2.24, 2.45) is 0 Å². The lowest BCUT2D eigenvalue weighted by Gasteiger charge is -2.24. The Balaban J connectivity index is 1.54. The van der Waals surface area contributed by atoms with Crippen molar-refractivity contribution in [1.82, 2.24) is 10.2 Å². The molecule has 38 heavy (non-hydrogen) atoms. The van der Waals surface area contributed by atoms with E-state index in [-0.39, 0.29) is 21.6 Å². The summed E-state index contributed by atoms with van der Waals surface area (Å²) in [7, 11) is -4.32. The molecule has 1 aliphatic rings. The number of benzene rings is 3. The number of hydrogen-bond donors (Lipinski definition) is 1. The molecule has 0 aliphatic carbocycles. The van der Waals surface area contributed by atoms with Gasteiger partial charge in [0.1, 0.15) is 16.8 Å². The monoisotopic (exact) mass is 651 g/mol. The van der Waals surface area contributed by atoms with Crippen molar-refractivity contribution in [2.75, 3.05) is 4.90 Å². The second-order valence-corrected chi connectivity index (χ2v) is 13.5. The van der Waals surface area contributed by atoms with Gasteiger partial charge in [0.2, 0.25) is 15.0 Å². The maximum atomic E-state index is 14.0. The molecule has 0 radical (unpaired) electrons. The fraction of sp³-hybridized carbons (Fsp3) is 0.0800. The van der Waals surface area contributed by atoms with Crippen LogP contribution in [0.4, 0.5) is 9.52 Å². The van der Waals surface area contributed by atoms with Crippen molar-refractivity contribution in [3.8, 4) is 0 Å². The molecule has 0 fully saturated rings. The molecule has 2 heterocycles. The Morgan fingerprint density at radius 1 is 1.05 bits per heavy atom. The number of amides is 1. The zero-order valence-electron chi connectivity index (χ0n) is 19.1. The number of aromatic nitrogens is 2. The number of rotatable bonds is 7. The smallest absolute Gasteiger partial charge is 0.296 e. The maximum Gasteiger partial charge on any atom is 0.296 e. The first-order valence-corrected chi connectivity index (χ1v) is 15.3. The van der Waals surface area contributed by atoms with Crippen molar-refractivity contribution in [3.05, 3.63) is 110 Å². The van der Waals surface area contributed by atoms with Gasteiger partial charge in [-0.15, -0.1) is 10.2 Å². The number of carbonyl (C=O) groups is 1. The number of aliphatic hydroxyl groups is 1. The van der Waals surface area contributed by atoms with Crippen LogP contribution in [0.25, 0.3) is 0 Å². The van der Waals surface area contributed by atoms with Crippen LogP contribution in [0.1, 0.15) is 17.2 Å². The average molecular weight is 653 g/mol. The summed E-state index contributed by atoms with van der Waals surface area (Å²) in [6.45, 7) is 0. The van der Waals surface area contributed by atoms with E-state index in [2.05, 4.69) is 26.1 Å². The summed E-state index contributed by atoms with van der Waals surface area (Å²) in [5.74, 6) is -1.89. The molecule has 7 nitrogen and oxygen atoms in total. The van der Waals surface area contributed by atoms with Gasteiger partial charge in [0.25, 0.3) is 5.91 Å². The second kappa shape index (κ2) is 10.8. The number of thioether (sulfide) groups is 1. The zero-order valence-corrected chi connectivity index (χ0v) is 23.9. The van der Waals surface area contributed by atoms with E-state index in [4.69, 9.17) is 11.6 Å². The van der Waals surface area contributed by atoms with Crippen LogP contribution in [0, 0.1) is 5.82 Å². The van der Waals surface area contributed by atoms with Gasteiger partial charge in [-0.25, -0.2) is 12.8 Å². The fourth-order valence-corrected chi connectivity index (χ4v) is 7.72. The number of carbonyl (C=O) groups excluding carboxylic acids is 1. The van der Waals surface area contributed by atoms with Gasteiger partial charge in [0, 0.05) is 15.2 Å². The van der Waals surface area contributed by atoms with E-state index in [1.165, 1.54) is 42.1 Å². The summed E-state index contributed by atoms with van der Waals surface area (Å²) in [6.07, 6.45) is 0. The van der Waals surface area contributed by atoms with Crippen LogP contribution < -0.4 is 4.90 Å². The number of anilines is 1. The zero-order chi connectivity index (χ0) is 27.0. The highest BCUT2D eigenvalue weighted by Crippen LogP contribution is 2.46. The Bertz CT molecular complexity index is 1660. The first-order chi connectivity index (χ1) is 18.2. The van der Waals surface area contributed by atoms with Crippen LogP contribution in [0.15, 0.2) is 97.2 Å². The summed E-state index contributed by atoms with van der Waals surface area (Å²) < 4.78 is 42.6. The Kier molecular flexibility index (Phi) is 7.60. The molecule has 4 aromatic rings. The highest BCUT2D eigenvalue weighted by Gasteiger charge is 2.48. The summed E-state index contributed by atoms with van der Waals surface area (Å²) in [6, 6.07) is 17.3. The summed E-state index contributed by atoms with van der Waals surface area (Å²) in [4.78, 5) is 13.9. The third-order valence-electron chi connectivity index (χ3n) is 5.67. The number of nitrogens with zero attached hydrogens (tertiary/aromatic N) is 3. The van der Waals surface area contributed by atoms with E-state index in [1.54, 1.807) is 42.5 Å². The van der Waals surface area contributed by atoms with Crippen LogP contribution in [-0.4, -0.2) is 29.6 Å². The highest BCUT2D eigenvalue weighted by atomic mass is 79.9. The molecule has 0 bridgehead atoms. The van der Waals surface area contributed by atoms with Crippen LogP contribution >= 0.6 is 50.6 Å². The van der Waals surface area contributed by atoms with E-state index < -0.39 is 32.5 Å². The minimum absolute atomic E-state index is 0.0896. The largest absolute Gasteiger partial charge is 0.502 e. The summed E-state index contributed by atoms with van der Waals surface area (Å²) in [5.41, 5.74) is 0.920. The summed E-state index contributed by atoms with van der Waals surface area (Å²) >= 11 is 11.6. The quantitative estimate of drug-likeness (QED) is 0.175. The Hall–Kier alpha value is -2.77. The molecule has 1 aliphatic heterocycles. The second-order valence-electron chi connectivity index (χ2n) is 8.03. The molecule has 1 atom stereocenters. The third kappa shape index (κ3) is 5.10. The number of sulfone groups is 1. The van der Waals surface area contributed by atoms with Gasteiger partial charge in [-0.2, -0.15) is 0 Å². The third-order valence-corrected chi connectivity index (χ3v) is 10.4. The number of hydrogen-bond acceptors (Lipinski definition) is 8. The minimum atomic E-state index is -4.32. The first kappa shape index (κ1) is 26.8. The van der Waals surface area contributed by atoms with E-state index in [0.717, 1.165) is 20.7 Å². The lowest BCUT2D eigenvalue weighted by atomic mass is 10.1. The molecule has 1 amide bonds. The highest BCUT2D eigenvalue weighted by molar-refractivity contribution is 9.10. The topological polar surface area (TPSA) is 100 Å². The standard InChI is InChI=1S/C25H16BrClFN3O4S3/c26-16-7-5-14(6-8-16)20-22(38(34,35)18-11-9-17(27)10-12-18)21(32)23(33)31(20)24-29-30-25(37-24)36-13-15-3-1-2-4-19(15)28/h1-12,20,32H,13H2/t20-/m1/s1. The molecule has 5 rings (SSSR count). The van der Waals surface area contributed by atoms with E-state index in [0.29, 0.717) is 20.5 Å². The van der Waals surface area contributed by atoms with Gasteiger partial charge in [-0.3, -0.25) is 9.69 Å². The Morgan fingerprint density at radius 3 is 2.42 bits per heavy atom. The molecular weight excluding hydrogens is 637 g/mol. The fourth-order valence-electron chi connectivity index (χ4n) is 3.85. The lowest BCUT2D eigenvalue weighted by Crippen LogP contribution is -2.31. The van der Waals surface area contributed by atoms with E-state index in [1.807, 2.05) is 0 Å². The van der Waals surface area contributed by atoms with Crippen molar-refractivity contribution in [1.29, 1.82) is 0 Å². The molecule has 0 saturated heterocycles.